The molecule has 0 fully saturated rings. The Morgan fingerprint density at radius 3 is 0.919 bits per heavy atom. The largest absolute Gasteiger partial charge is 0.310 e. The monoisotopic (exact) mass is 850 g/mol. The van der Waals surface area contributed by atoms with Gasteiger partial charge in [0.1, 0.15) is 0 Å². The average Bonchev–Trinajstić information content (AvgIpc) is 3.23. The van der Waals surface area contributed by atoms with Gasteiger partial charge in [0.05, 0.1) is 34.6 Å². The van der Waals surface area contributed by atoms with E-state index in [4.69, 9.17) is 0 Å². The third-order valence-electron chi connectivity index (χ3n) is 12.1. The summed E-state index contributed by atoms with van der Waals surface area (Å²) in [7, 11) is -2.52. The van der Waals surface area contributed by atoms with Crippen molar-refractivity contribution >= 4 is 86.5 Å². The Morgan fingerprint density at radius 2 is 0.661 bits per heavy atom. The zero-order valence-electron chi connectivity index (χ0n) is 38.3. The maximum Gasteiger partial charge on any atom is 0.0991 e. The van der Waals surface area contributed by atoms with Crippen LogP contribution in [0.25, 0.3) is 32.3 Å². The molecule has 0 aromatic heterocycles. The molecule has 8 aromatic carbocycles. The molecule has 0 N–H and O–H groups in total. The van der Waals surface area contributed by atoms with E-state index < -0.39 is 20.1 Å². The van der Waals surface area contributed by atoms with Crippen LogP contribution in [0.4, 0.5) is 34.1 Å². The lowest BCUT2D eigenvalue weighted by molar-refractivity contribution is 0.590. The molecule has 0 bridgehead atoms. The summed E-state index contributed by atoms with van der Waals surface area (Å²) < 4.78 is 0. The molecule has 0 aliphatic rings. The van der Waals surface area contributed by atoms with Gasteiger partial charge in [0.25, 0.3) is 0 Å². The Balaban J connectivity index is 1.51. The Morgan fingerprint density at radius 1 is 0.387 bits per heavy atom. The minimum Gasteiger partial charge on any atom is -0.310 e. The van der Waals surface area contributed by atoms with E-state index in [1.807, 2.05) is 24.3 Å². The molecule has 0 heterocycles. The zero-order chi connectivity index (χ0) is 44.5. The van der Waals surface area contributed by atoms with Crippen LogP contribution in [0.5, 0.6) is 0 Å². The van der Waals surface area contributed by atoms with E-state index in [-0.39, 0.29) is 10.8 Å². The Labute approximate surface area is 372 Å². The summed E-state index contributed by atoms with van der Waals surface area (Å²) in [5.74, 6) is 0. The zero-order valence-corrected chi connectivity index (χ0v) is 39.9. The first-order valence-corrected chi connectivity index (χ1v) is 26.9. The van der Waals surface area contributed by atoms with Crippen molar-refractivity contribution in [3.05, 3.63) is 156 Å². The summed E-state index contributed by atoms with van der Waals surface area (Å²) in [5, 5.41) is 27.1. The van der Waals surface area contributed by atoms with E-state index in [2.05, 4.69) is 210 Å². The molecule has 0 saturated carbocycles. The molecule has 0 aliphatic carbocycles. The third kappa shape index (κ3) is 7.77. The molecular weight excluding hydrogens is 793 g/mol. The van der Waals surface area contributed by atoms with E-state index in [0.29, 0.717) is 11.1 Å². The van der Waals surface area contributed by atoms with Crippen molar-refractivity contribution in [2.24, 2.45) is 0 Å². The fourth-order valence-corrected chi connectivity index (χ4v) is 11.3. The second-order valence-corrected chi connectivity index (χ2v) is 28.3. The minimum absolute atomic E-state index is 0.0122. The second-order valence-electron chi connectivity index (χ2n) is 20.1. The van der Waals surface area contributed by atoms with Crippen molar-refractivity contribution in [1.29, 1.82) is 10.5 Å². The predicted octanol–water partition coefficient (Wildman–Crippen LogP) is 16.0. The summed E-state index contributed by atoms with van der Waals surface area (Å²) in [4.78, 5) is 7.50. The first-order chi connectivity index (χ1) is 29.2. The van der Waals surface area contributed by atoms with E-state index in [1.165, 1.54) is 53.2 Å². The van der Waals surface area contributed by atoms with Crippen LogP contribution in [0, 0.1) is 22.7 Å². The molecule has 0 spiro atoms. The molecule has 0 aliphatic heterocycles. The number of nitriles is 2. The molecule has 4 nitrogen and oxygen atoms in total. The number of benzene rings is 8. The summed E-state index contributed by atoms with van der Waals surface area (Å²) >= 11 is 0. The van der Waals surface area contributed by atoms with Crippen LogP contribution in [0.2, 0.25) is 0 Å². The molecule has 0 saturated heterocycles. The van der Waals surface area contributed by atoms with Gasteiger partial charge in [0.2, 0.25) is 0 Å². The van der Waals surface area contributed by atoms with Crippen LogP contribution in [0.1, 0.15) is 63.8 Å². The van der Waals surface area contributed by atoms with E-state index in [1.54, 1.807) is 0 Å². The van der Waals surface area contributed by atoms with Crippen molar-refractivity contribution in [3.8, 4) is 12.1 Å². The highest BCUT2D eigenvalue weighted by atomic mass is 32.3. The normalized spacial score (nSPS) is 13.0. The van der Waals surface area contributed by atoms with E-state index in [0.717, 1.165) is 34.1 Å². The molecule has 8 aromatic rings. The molecular formula is C56H58N4S2. The highest BCUT2D eigenvalue weighted by Gasteiger charge is 2.29. The minimum atomic E-state index is -1.26. The van der Waals surface area contributed by atoms with Gasteiger partial charge in [-0.25, -0.2) is 20.1 Å². The van der Waals surface area contributed by atoms with Gasteiger partial charge in [-0.2, -0.15) is 10.5 Å². The van der Waals surface area contributed by atoms with Gasteiger partial charge in [-0.15, -0.1) is 0 Å². The summed E-state index contributed by atoms with van der Waals surface area (Å²) in [6.45, 7) is 13.5. The van der Waals surface area contributed by atoms with Crippen molar-refractivity contribution in [3.63, 3.8) is 0 Å². The van der Waals surface area contributed by atoms with Gasteiger partial charge in [-0.1, -0.05) is 90.1 Å². The van der Waals surface area contributed by atoms with Crippen LogP contribution in [-0.2, 0) is 10.8 Å². The maximum atomic E-state index is 9.81. The molecule has 314 valence electrons. The van der Waals surface area contributed by atoms with E-state index in [9.17, 15) is 10.5 Å². The lowest BCUT2D eigenvalue weighted by Crippen LogP contribution is -2.15. The fraction of sp³-hybridized carbons (Fsp3) is 0.250. The highest BCUT2D eigenvalue weighted by molar-refractivity contribution is 8.32. The molecule has 62 heavy (non-hydrogen) atoms. The van der Waals surface area contributed by atoms with Crippen LogP contribution in [0.15, 0.2) is 143 Å². The summed E-state index contributed by atoms with van der Waals surface area (Å²) in [6.07, 6.45) is 14.4. The molecule has 0 atom stereocenters. The fourth-order valence-electron chi connectivity index (χ4n) is 8.72. The number of hydrogen-bond donors (Lipinski definition) is 0. The molecule has 6 heteroatoms. The van der Waals surface area contributed by atoms with Gasteiger partial charge in [-0.3, -0.25) is 0 Å². The first-order valence-electron chi connectivity index (χ1n) is 21.2. The van der Waals surface area contributed by atoms with Crippen LogP contribution in [0.3, 0.4) is 0 Å². The Hall–Kier alpha value is -5.92. The van der Waals surface area contributed by atoms with Crippen LogP contribution < -0.4 is 9.80 Å². The second kappa shape index (κ2) is 15.5. The van der Waals surface area contributed by atoms with Crippen molar-refractivity contribution in [2.45, 2.75) is 62.2 Å². The Kier molecular flexibility index (Phi) is 10.7. The summed E-state index contributed by atoms with van der Waals surface area (Å²) in [5.41, 5.74) is 10.2. The number of rotatable bonds is 8. The Bertz CT molecular complexity index is 2820. The standard InChI is InChI=1S/C56H58N4S2/c1-55(2,3)39-17-25-43(26-18-39)59(41-21-13-37(35-57)14-22-41)49-33-51(61(7,8)9)47-32-30-46-50(34-52(62(10,11)12)48-31-29-45(49)53(47)54(46)48)60(42-23-15-38(36-58)16-24-42)44-27-19-40(20-28-44)56(4,5)6/h13-34H,1-12H3. The molecule has 8 rings (SSSR count). The van der Waals surface area contributed by atoms with Crippen LogP contribution >= 0.6 is 20.1 Å². The number of hydrogen-bond acceptors (Lipinski definition) is 4. The SMILES string of the molecule is CC(C)(C)c1ccc(N(c2ccc(C#N)cc2)c2cc(S(C)(C)C)c3ccc4c(N(c5ccc(C#N)cc5)c5ccc(C(C)(C)C)cc5)cc(S(C)(C)C)c5ccc2c3c45)cc1. The smallest absolute Gasteiger partial charge is 0.0991 e. The lowest BCUT2D eigenvalue weighted by atomic mass is 9.87. The maximum absolute atomic E-state index is 9.81. The number of nitrogens with zero attached hydrogens (tertiary/aromatic N) is 4. The van der Waals surface area contributed by atoms with Gasteiger partial charge in [0.15, 0.2) is 0 Å². The average molecular weight is 851 g/mol. The molecule has 0 radical (unpaired) electrons. The molecule has 0 unspecified atom stereocenters. The van der Waals surface area contributed by atoms with E-state index >= 15 is 0 Å². The van der Waals surface area contributed by atoms with Crippen LogP contribution in [-0.4, -0.2) is 37.5 Å². The first kappa shape index (κ1) is 42.8. The van der Waals surface area contributed by atoms with Gasteiger partial charge in [-0.05, 0) is 165 Å². The van der Waals surface area contributed by atoms with Crippen molar-refractivity contribution < 1.29 is 0 Å². The number of anilines is 6. The molecule has 0 amide bonds. The van der Waals surface area contributed by atoms with Gasteiger partial charge >= 0.3 is 0 Å². The topological polar surface area (TPSA) is 54.1 Å². The predicted molar refractivity (Wildman–Crippen MR) is 274 cm³/mol. The van der Waals surface area contributed by atoms with Gasteiger partial charge in [0, 0.05) is 44.3 Å². The quantitative estimate of drug-likeness (QED) is 0.143. The van der Waals surface area contributed by atoms with Crippen molar-refractivity contribution in [1.82, 2.24) is 0 Å². The van der Waals surface area contributed by atoms with Gasteiger partial charge < -0.3 is 9.80 Å². The highest BCUT2D eigenvalue weighted by Crippen LogP contribution is 2.59. The third-order valence-corrected chi connectivity index (χ3v) is 15.4. The lowest BCUT2D eigenvalue weighted by Gasteiger charge is -2.36. The summed E-state index contributed by atoms with van der Waals surface area (Å²) in [6, 6.07) is 53.1. The van der Waals surface area contributed by atoms with Crippen molar-refractivity contribution in [2.75, 3.05) is 47.3 Å².